The van der Waals surface area contributed by atoms with Gasteiger partial charge in [0.25, 0.3) is 0 Å². The van der Waals surface area contributed by atoms with E-state index in [0.717, 1.165) is 0 Å². The van der Waals surface area contributed by atoms with Gasteiger partial charge in [-0.3, -0.25) is 4.79 Å². The first kappa shape index (κ1) is 25.1. The molecule has 0 aliphatic heterocycles. The molecule has 0 radical (unpaired) electrons. The molecule has 2 aromatic rings. The Morgan fingerprint density at radius 2 is 1.61 bits per heavy atom. The molecule has 31 heavy (non-hydrogen) atoms. The van der Waals surface area contributed by atoms with Crippen molar-refractivity contribution in [2.45, 2.75) is 13.3 Å². The molecular formula is C21H19Cl4NO5. The van der Waals surface area contributed by atoms with Crippen LogP contribution < -0.4 is 14.2 Å². The summed E-state index contributed by atoms with van der Waals surface area (Å²) in [7, 11) is 0. The number of benzene rings is 2. The number of halogens is 4. The molecule has 1 N–H and O–H groups in total. The van der Waals surface area contributed by atoms with Gasteiger partial charge in [0.1, 0.15) is 22.6 Å². The summed E-state index contributed by atoms with van der Waals surface area (Å²) in [5.74, 6) is 1.08. The number of Topliss-reactive ketones (excluding diaryl/α,β-unsaturated/α-hetero) is 1. The normalized spacial score (nSPS) is 11.1. The van der Waals surface area contributed by atoms with Crippen molar-refractivity contribution in [2.24, 2.45) is 5.16 Å². The molecule has 0 aliphatic rings. The first-order valence-corrected chi connectivity index (χ1v) is 10.5. The highest BCUT2D eigenvalue weighted by Gasteiger charge is 2.11. The average molecular weight is 507 g/mol. The number of oxime groups is 1. The highest BCUT2D eigenvalue weighted by Crippen LogP contribution is 2.37. The van der Waals surface area contributed by atoms with Crippen LogP contribution in [0.5, 0.6) is 17.2 Å². The minimum Gasteiger partial charge on any atom is -0.493 e. The van der Waals surface area contributed by atoms with Crippen molar-refractivity contribution >= 4 is 57.9 Å². The molecule has 0 saturated heterocycles. The molecule has 0 heterocycles. The fourth-order valence-electron chi connectivity index (χ4n) is 2.42. The lowest BCUT2D eigenvalue weighted by molar-refractivity contribution is -0.111. The van der Waals surface area contributed by atoms with Crippen LogP contribution in [0.2, 0.25) is 10.0 Å². The van der Waals surface area contributed by atoms with Gasteiger partial charge >= 0.3 is 0 Å². The zero-order valence-corrected chi connectivity index (χ0v) is 19.4. The van der Waals surface area contributed by atoms with E-state index in [1.54, 1.807) is 36.4 Å². The van der Waals surface area contributed by atoms with E-state index in [-0.39, 0.29) is 22.6 Å². The van der Waals surface area contributed by atoms with Crippen LogP contribution in [0.25, 0.3) is 0 Å². The number of carbonyl (C=O) groups is 1. The van der Waals surface area contributed by atoms with E-state index in [2.05, 4.69) is 5.16 Å². The standard InChI is InChI=1S/C21H19Cl4NO5/c1-13(27)20(26-28)14-3-5-15(6-4-14)29-8-2-9-31-21-17(22)11-16(12-18(21)23)30-10-7-19(24)25/h3-7,11-12,28H,2,8-10H2,1H3. The van der Waals surface area contributed by atoms with E-state index in [4.69, 9.17) is 65.8 Å². The summed E-state index contributed by atoms with van der Waals surface area (Å²) in [5.41, 5.74) is 0.494. The van der Waals surface area contributed by atoms with Crippen LogP contribution in [0, 0.1) is 0 Å². The summed E-state index contributed by atoms with van der Waals surface area (Å²) in [6, 6.07) is 9.82. The Hall–Kier alpha value is -2.12. The SMILES string of the molecule is CC(=O)C(=NO)c1ccc(OCCCOc2c(Cl)cc(OCC=C(Cl)Cl)cc2Cl)cc1. The van der Waals surface area contributed by atoms with Crippen molar-refractivity contribution < 1.29 is 24.2 Å². The summed E-state index contributed by atoms with van der Waals surface area (Å²) in [6.07, 6.45) is 2.06. The molecule has 0 aromatic heterocycles. The molecule has 0 atom stereocenters. The van der Waals surface area contributed by atoms with E-state index in [9.17, 15) is 4.79 Å². The number of hydrogen-bond donors (Lipinski definition) is 1. The fourth-order valence-corrected chi connectivity index (χ4v) is 3.12. The molecule has 2 rings (SSSR count). The highest BCUT2D eigenvalue weighted by atomic mass is 35.5. The summed E-state index contributed by atoms with van der Waals surface area (Å²) >= 11 is 23.5. The van der Waals surface area contributed by atoms with E-state index < -0.39 is 0 Å². The lowest BCUT2D eigenvalue weighted by Crippen LogP contribution is -2.11. The van der Waals surface area contributed by atoms with Gasteiger partial charge in [-0.2, -0.15) is 0 Å². The van der Waals surface area contributed by atoms with Crippen molar-refractivity contribution in [2.75, 3.05) is 19.8 Å². The van der Waals surface area contributed by atoms with Crippen molar-refractivity contribution in [1.29, 1.82) is 0 Å². The summed E-state index contributed by atoms with van der Waals surface area (Å²) < 4.78 is 16.8. The number of ketones is 1. The van der Waals surface area contributed by atoms with Gasteiger partial charge in [0.05, 0.1) is 23.3 Å². The van der Waals surface area contributed by atoms with Gasteiger partial charge in [0.2, 0.25) is 0 Å². The number of hydrogen-bond acceptors (Lipinski definition) is 6. The van der Waals surface area contributed by atoms with Crippen LogP contribution in [0.3, 0.4) is 0 Å². The molecule has 0 aliphatic carbocycles. The minimum absolute atomic E-state index is 0.00978. The minimum atomic E-state index is -0.332. The second-order valence-electron chi connectivity index (χ2n) is 6.10. The number of nitrogens with zero attached hydrogens (tertiary/aromatic N) is 1. The highest BCUT2D eigenvalue weighted by molar-refractivity contribution is 6.55. The number of rotatable bonds is 11. The monoisotopic (exact) mass is 505 g/mol. The van der Waals surface area contributed by atoms with Gasteiger partial charge < -0.3 is 19.4 Å². The Bertz CT molecular complexity index is 934. The van der Waals surface area contributed by atoms with Crippen LogP contribution in [0.15, 0.2) is 52.1 Å². The van der Waals surface area contributed by atoms with Gasteiger partial charge in [-0.25, -0.2) is 0 Å². The van der Waals surface area contributed by atoms with Gasteiger partial charge in [-0.05, 0) is 30.3 Å². The Morgan fingerprint density at radius 3 is 2.16 bits per heavy atom. The second-order valence-corrected chi connectivity index (χ2v) is 7.92. The van der Waals surface area contributed by atoms with E-state index in [1.807, 2.05) is 0 Å². The maximum Gasteiger partial charge on any atom is 0.182 e. The van der Waals surface area contributed by atoms with Gasteiger partial charge in [0, 0.05) is 31.0 Å². The molecule has 166 valence electrons. The maximum atomic E-state index is 11.4. The van der Waals surface area contributed by atoms with E-state index in [0.29, 0.717) is 52.5 Å². The predicted molar refractivity (Wildman–Crippen MR) is 123 cm³/mol. The summed E-state index contributed by atoms with van der Waals surface area (Å²) in [4.78, 5) is 11.4. The third-order valence-corrected chi connectivity index (χ3v) is 4.69. The Balaban J connectivity index is 1.81. The molecule has 0 bridgehead atoms. The van der Waals surface area contributed by atoms with Gasteiger partial charge in [-0.15, -0.1) is 0 Å². The fraction of sp³-hybridized carbons (Fsp3) is 0.238. The Labute approximate surface area is 199 Å². The third-order valence-electron chi connectivity index (χ3n) is 3.82. The molecular weight excluding hydrogens is 488 g/mol. The van der Waals surface area contributed by atoms with Gasteiger partial charge in [-0.1, -0.05) is 51.6 Å². The lowest BCUT2D eigenvalue weighted by Gasteiger charge is -2.12. The van der Waals surface area contributed by atoms with Crippen molar-refractivity contribution in [3.05, 3.63) is 62.6 Å². The van der Waals surface area contributed by atoms with Crippen LogP contribution in [0.1, 0.15) is 18.9 Å². The van der Waals surface area contributed by atoms with Crippen LogP contribution in [-0.4, -0.2) is 36.5 Å². The zero-order chi connectivity index (χ0) is 22.8. The van der Waals surface area contributed by atoms with E-state index in [1.165, 1.54) is 13.0 Å². The molecule has 0 fully saturated rings. The molecule has 6 nitrogen and oxygen atoms in total. The lowest BCUT2D eigenvalue weighted by atomic mass is 10.1. The second kappa shape index (κ2) is 12.7. The number of ether oxygens (including phenoxy) is 3. The third kappa shape index (κ3) is 8.15. The first-order chi connectivity index (χ1) is 14.8. The summed E-state index contributed by atoms with van der Waals surface area (Å²) in [5, 5.41) is 12.5. The smallest absolute Gasteiger partial charge is 0.182 e. The Morgan fingerprint density at radius 1 is 1.00 bits per heavy atom. The maximum absolute atomic E-state index is 11.4. The molecule has 0 spiro atoms. The quantitative estimate of drug-likeness (QED) is 0.167. The molecule has 2 aromatic carbocycles. The zero-order valence-electron chi connectivity index (χ0n) is 16.4. The molecule has 10 heteroatoms. The largest absolute Gasteiger partial charge is 0.493 e. The van der Waals surface area contributed by atoms with Crippen LogP contribution in [-0.2, 0) is 4.79 Å². The molecule has 0 saturated carbocycles. The van der Waals surface area contributed by atoms with Crippen LogP contribution in [0.4, 0.5) is 0 Å². The van der Waals surface area contributed by atoms with Gasteiger partial charge in [0.15, 0.2) is 17.2 Å². The first-order valence-electron chi connectivity index (χ1n) is 9.04. The number of carbonyl (C=O) groups excluding carboxylic acids is 1. The topological polar surface area (TPSA) is 77.4 Å². The van der Waals surface area contributed by atoms with Crippen LogP contribution >= 0.6 is 46.4 Å². The Kier molecular flexibility index (Phi) is 10.3. The molecule has 0 amide bonds. The summed E-state index contributed by atoms with van der Waals surface area (Å²) in [6.45, 7) is 2.22. The van der Waals surface area contributed by atoms with E-state index >= 15 is 0 Å². The van der Waals surface area contributed by atoms with Crippen molar-refractivity contribution in [1.82, 2.24) is 0 Å². The molecule has 0 unspecified atom stereocenters. The predicted octanol–water partition coefficient (Wildman–Crippen LogP) is 6.31. The average Bonchev–Trinajstić information content (AvgIpc) is 2.70. The van der Waals surface area contributed by atoms with Crippen molar-refractivity contribution in [3.8, 4) is 17.2 Å². The van der Waals surface area contributed by atoms with Crippen molar-refractivity contribution in [3.63, 3.8) is 0 Å².